The Morgan fingerprint density at radius 1 is 0.941 bits per heavy atom. The zero-order valence-corrected chi connectivity index (χ0v) is 20.2. The summed E-state index contributed by atoms with van der Waals surface area (Å²) in [5.74, 6) is -0.0212. The predicted molar refractivity (Wildman–Crippen MR) is 126 cm³/mol. The first-order valence-corrected chi connectivity index (χ1v) is 12.0. The van der Waals surface area contributed by atoms with E-state index in [-0.39, 0.29) is 36.6 Å². The Labute approximate surface area is 200 Å². The number of hydrogen-bond donors (Lipinski definition) is 0. The van der Waals surface area contributed by atoms with Crippen LogP contribution in [-0.4, -0.2) is 55.1 Å². The van der Waals surface area contributed by atoms with Crippen molar-refractivity contribution in [2.75, 3.05) is 19.7 Å². The van der Waals surface area contributed by atoms with Crippen molar-refractivity contribution in [1.82, 2.24) is 4.90 Å². The maximum absolute atomic E-state index is 14.0. The van der Waals surface area contributed by atoms with Gasteiger partial charge in [-0.05, 0) is 76.3 Å². The molecule has 5 rings (SSSR count). The summed E-state index contributed by atoms with van der Waals surface area (Å²) in [7, 11) is -0.380. The fourth-order valence-corrected chi connectivity index (χ4v) is 4.75. The van der Waals surface area contributed by atoms with E-state index in [0.29, 0.717) is 18.6 Å². The molecule has 182 valence electrons. The molecule has 34 heavy (non-hydrogen) atoms. The lowest BCUT2D eigenvalue weighted by atomic mass is 9.79. The van der Waals surface area contributed by atoms with E-state index < -0.39 is 11.6 Å². The molecule has 3 fully saturated rings. The molecule has 0 bridgehead atoms. The third-order valence-corrected chi connectivity index (χ3v) is 7.66. The van der Waals surface area contributed by atoms with Crippen LogP contribution in [0.15, 0.2) is 42.5 Å². The average Bonchev–Trinajstić information content (AvgIpc) is 3.00. The first-order valence-electron chi connectivity index (χ1n) is 12.0. The summed E-state index contributed by atoms with van der Waals surface area (Å²) >= 11 is 0. The van der Waals surface area contributed by atoms with E-state index >= 15 is 0 Å². The van der Waals surface area contributed by atoms with Crippen LogP contribution in [-0.2, 0) is 14.0 Å². The molecular weight excluding hydrogens is 439 g/mol. The first-order chi connectivity index (χ1) is 16.1. The third-order valence-electron chi connectivity index (χ3n) is 7.66. The average molecular weight is 471 g/mol. The highest BCUT2D eigenvalue weighted by Crippen LogP contribution is 2.37. The molecule has 2 atom stereocenters. The Morgan fingerprint density at radius 3 is 2.24 bits per heavy atom. The molecule has 2 aromatic carbocycles. The molecule has 0 aliphatic carbocycles. The van der Waals surface area contributed by atoms with E-state index in [1.165, 1.54) is 12.1 Å². The second kappa shape index (κ2) is 8.90. The predicted octanol–water partition coefficient (Wildman–Crippen LogP) is 4.25. The number of rotatable bonds is 5. The maximum Gasteiger partial charge on any atom is 0.494 e. The number of halogens is 2. The van der Waals surface area contributed by atoms with Crippen molar-refractivity contribution < 1.29 is 27.6 Å². The van der Waals surface area contributed by atoms with Crippen LogP contribution in [0.3, 0.4) is 0 Å². The van der Waals surface area contributed by atoms with Crippen molar-refractivity contribution in [3.8, 4) is 5.75 Å². The molecule has 0 radical (unpaired) electrons. The minimum Gasteiger partial charge on any atom is -0.488 e. The van der Waals surface area contributed by atoms with E-state index in [2.05, 4.69) is 4.90 Å². The van der Waals surface area contributed by atoms with Crippen LogP contribution in [0.25, 0.3) is 0 Å². The summed E-state index contributed by atoms with van der Waals surface area (Å²) in [5.41, 5.74) is 0.560. The van der Waals surface area contributed by atoms with Gasteiger partial charge in [0.2, 0.25) is 0 Å². The topological polar surface area (TPSA) is 40.2 Å². The van der Waals surface area contributed by atoms with Gasteiger partial charge in [-0.1, -0.05) is 12.1 Å². The summed E-state index contributed by atoms with van der Waals surface area (Å²) in [4.78, 5) is 2.33. The van der Waals surface area contributed by atoms with E-state index in [0.717, 1.165) is 36.8 Å². The molecule has 8 heteroatoms. The number of benzene rings is 2. The minimum atomic E-state index is -0.436. The molecule has 0 spiro atoms. The molecule has 0 saturated carbocycles. The third kappa shape index (κ3) is 4.61. The van der Waals surface area contributed by atoms with Gasteiger partial charge in [0.05, 0.1) is 23.9 Å². The number of ether oxygens (including phenoxy) is 2. The fourth-order valence-electron chi connectivity index (χ4n) is 4.75. The van der Waals surface area contributed by atoms with E-state index in [1.807, 2.05) is 52.0 Å². The molecule has 3 heterocycles. The van der Waals surface area contributed by atoms with Gasteiger partial charge in [-0.15, -0.1) is 0 Å². The Kier molecular flexibility index (Phi) is 6.21. The lowest BCUT2D eigenvalue weighted by Gasteiger charge is -2.46. The molecule has 0 unspecified atom stereocenters. The highest BCUT2D eigenvalue weighted by atomic mass is 19.1. The zero-order valence-electron chi connectivity index (χ0n) is 20.2. The van der Waals surface area contributed by atoms with Crippen molar-refractivity contribution >= 4 is 12.6 Å². The molecular formula is C26H32BF2NO4. The molecule has 3 aliphatic rings. The summed E-state index contributed by atoms with van der Waals surface area (Å²) < 4.78 is 51.8. The molecule has 0 aromatic heterocycles. The van der Waals surface area contributed by atoms with Crippen molar-refractivity contribution in [2.45, 2.75) is 70.0 Å². The van der Waals surface area contributed by atoms with Crippen LogP contribution in [0.5, 0.6) is 5.75 Å². The van der Waals surface area contributed by atoms with Crippen molar-refractivity contribution in [3.05, 3.63) is 59.7 Å². The van der Waals surface area contributed by atoms with Crippen LogP contribution < -0.4 is 10.2 Å². The van der Waals surface area contributed by atoms with E-state index in [9.17, 15) is 8.78 Å². The maximum atomic E-state index is 14.0. The first kappa shape index (κ1) is 23.7. The lowest BCUT2D eigenvalue weighted by Crippen LogP contribution is -2.59. The Bertz CT molecular complexity index is 1000. The number of nitrogens with zero attached hydrogens (tertiary/aromatic N) is 1. The van der Waals surface area contributed by atoms with Crippen LogP contribution >= 0.6 is 0 Å². The quantitative estimate of drug-likeness (QED) is 0.610. The monoisotopic (exact) mass is 471 g/mol. The summed E-state index contributed by atoms with van der Waals surface area (Å²) in [6, 6.07) is 11.7. The Morgan fingerprint density at radius 2 is 1.62 bits per heavy atom. The van der Waals surface area contributed by atoms with Crippen LogP contribution in [0.4, 0.5) is 8.78 Å². The molecule has 3 aliphatic heterocycles. The van der Waals surface area contributed by atoms with Crippen molar-refractivity contribution in [3.63, 3.8) is 0 Å². The standard InChI is InChI=1S/C26H32BF2NO4/c1-25(2)26(3,4)34-27(33-25)17-5-9-20(10-6-17)32-21-14-30(15-21)19-8-12-24(31-16-19)22-13-18(28)7-11-23(22)29/h5-7,9-11,13,19,21,24H,8,12,14-16H2,1-4H3/t19-,24-/m0/s1. The highest BCUT2D eigenvalue weighted by Gasteiger charge is 2.51. The SMILES string of the molecule is CC1(C)OB(c2ccc(OC3CN([C@H]4CC[C@@H](c5cc(F)ccc5F)OC4)C3)cc2)OC1(C)C. The lowest BCUT2D eigenvalue weighted by molar-refractivity contribution is -0.0839. The Hall–Kier alpha value is -2.00. The summed E-state index contributed by atoms with van der Waals surface area (Å²) in [5, 5.41) is 0. The van der Waals surface area contributed by atoms with E-state index in [1.54, 1.807) is 0 Å². The summed E-state index contributed by atoms with van der Waals surface area (Å²) in [6.07, 6.45) is 1.30. The van der Waals surface area contributed by atoms with Gasteiger partial charge in [0.15, 0.2) is 0 Å². The zero-order chi connectivity index (χ0) is 24.1. The van der Waals surface area contributed by atoms with Crippen LogP contribution in [0, 0.1) is 11.6 Å². The van der Waals surface area contributed by atoms with Crippen molar-refractivity contribution in [1.29, 1.82) is 0 Å². The molecule has 5 nitrogen and oxygen atoms in total. The van der Waals surface area contributed by atoms with Gasteiger partial charge in [-0.25, -0.2) is 8.78 Å². The van der Waals surface area contributed by atoms with Gasteiger partial charge >= 0.3 is 7.12 Å². The number of hydrogen-bond acceptors (Lipinski definition) is 5. The number of likely N-dealkylation sites (tertiary alicyclic amines) is 1. The summed E-state index contributed by atoms with van der Waals surface area (Å²) in [6.45, 7) is 10.3. The molecule has 3 saturated heterocycles. The highest BCUT2D eigenvalue weighted by molar-refractivity contribution is 6.62. The van der Waals surface area contributed by atoms with Crippen molar-refractivity contribution in [2.24, 2.45) is 0 Å². The smallest absolute Gasteiger partial charge is 0.488 e. The van der Waals surface area contributed by atoms with Gasteiger partial charge < -0.3 is 18.8 Å². The molecule has 0 N–H and O–H groups in total. The van der Waals surface area contributed by atoms with Gasteiger partial charge in [0.25, 0.3) is 0 Å². The fraction of sp³-hybridized carbons (Fsp3) is 0.538. The van der Waals surface area contributed by atoms with E-state index in [4.69, 9.17) is 18.8 Å². The van der Waals surface area contributed by atoms with Crippen LogP contribution in [0.1, 0.15) is 52.2 Å². The minimum absolute atomic E-state index is 0.126. The van der Waals surface area contributed by atoms with Gasteiger partial charge in [0.1, 0.15) is 23.5 Å². The van der Waals surface area contributed by atoms with Gasteiger partial charge in [0, 0.05) is 24.7 Å². The Balaban J connectivity index is 1.08. The van der Waals surface area contributed by atoms with Gasteiger partial charge in [-0.3, -0.25) is 4.90 Å². The molecule has 2 aromatic rings. The largest absolute Gasteiger partial charge is 0.494 e. The van der Waals surface area contributed by atoms with Crippen LogP contribution in [0.2, 0.25) is 0 Å². The van der Waals surface area contributed by atoms with Gasteiger partial charge in [-0.2, -0.15) is 0 Å². The molecule has 0 amide bonds. The second-order valence-electron chi connectivity index (χ2n) is 10.6. The normalized spacial score (nSPS) is 26.9. The second-order valence-corrected chi connectivity index (χ2v) is 10.6.